The van der Waals surface area contributed by atoms with Crippen LogP contribution in [0.2, 0.25) is 0 Å². The zero-order chi connectivity index (χ0) is 19.1. The molecule has 1 heterocycles. The summed E-state index contributed by atoms with van der Waals surface area (Å²) in [6.45, 7) is 5.51. The summed E-state index contributed by atoms with van der Waals surface area (Å²) in [5.41, 5.74) is 2.79. The van der Waals surface area contributed by atoms with E-state index in [1.807, 2.05) is 37.3 Å². The molecule has 0 bridgehead atoms. The topological polar surface area (TPSA) is 41.6 Å². The highest BCUT2D eigenvalue weighted by molar-refractivity contribution is 7.99. The van der Waals surface area contributed by atoms with Crippen LogP contribution in [0.4, 0.5) is 10.1 Å². The Hall–Kier alpha value is -2.05. The van der Waals surface area contributed by atoms with Crippen molar-refractivity contribution >= 4 is 23.4 Å². The average Bonchev–Trinajstić information content (AvgIpc) is 2.69. The average molecular weight is 389 g/mol. The van der Waals surface area contributed by atoms with E-state index < -0.39 is 0 Å². The van der Waals surface area contributed by atoms with Gasteiger partial charge < -0.3 is 15.0 Å². The largest absolute Gasteiger partial charge is 0.382 e. The minimum absolute atomic E-state index is 0.0633. The van der Waals surface area contributed by atoms with E-state index >= 15 is 0 Å². The molecule has 1 aliphatic rings. The molecule has 0 radical (unpaired) electrons. The van der Waals surface area contributed by atoms with Crippen LogP contribution in [0.3, 0.4) is 0 Å². The van der Waals surface area contributed by atoms with Crippen LogP contribution in [-0.2, 0) is 11.3 Å². The predicted molar refractivity (Wildman–Crippen MR) is 108 cm³/mol. The fourth-order valence-corrected chi connectivity index (χ4v) is 4.04. The molecule has 0 unspecified atom stereocenters. The van der Waals surface area contributed by atoms with Gasteiger partial charge in [-0.1, -0.05) is 12.1 Å². The summed E-state index contributed by atoms with van der Waals surface area (Å²) >= 11 is 1.80. The van der Waals surface area contributed by atoms with Crippen molar-refractivity contribution in [1.29, 1.82) is 0 Å². The van der Waals surface area contributed by atoms with Crippen LogP contribution in [-0.4, -0.2) is 38.0 Å². The van der Waals surface area contributed by atoms with Crippen molar-refractivity contribution in [2.45, 2.75) is 24.8 Å². The Morgan fingerprint density at radius 3 is 2.85 bits per heavy atom. The van der Waals surface area contributed by atoms with Gasteiger partial charge in [-0.25, -0.2) is 4.39 Å². The van der Waals surface area contributed by atoms with E-state index in [0.717, 1.165) is 30.0 Å². The van der Waals surface area contributed by atoms with Crippen LogP contribution in [0.5, 0.6) is 0 Å². The maximum Gasteiger partial charge on any atom is 0.251 e. The molecule has 0 saturated carbocycles. The third kappa shape index (κ3) is 5.47. The minimum atomic E-state index is -0.225. The third-order valence-electron chi connectivity index (χ3n) is 4.42. The van der Waals surface area contributed by atoms with Gasteiger partial charge in [-0.15, -0.1) is 11.8 Å². The van der Waals surface area contributed by atoms with Gasteiger partial charge in [-0.2, -0.15) is 0 Å². The maximum absolute atomic E-state index is 13.1. The molecule has 1 amide bonds. The standard InChI is InChI=1S/C21H25FN2O2S/c1-2-26-12-3-10-23-21(25)17-6-9-20-19(14-17)24(11-13-27-20)15-16-4-7-18(22)8-5-16/h4-9,14H,2-3,10-13,15H2,1H3,(H,23,25). The van der Waals surface area contributed by atoms with E-state index in [2.05, 4.69) is 10.2 Å². The summed E-state index contributed by atoms with van der Waals surface area (Å²) in [5, 5.41) is 2.95. The number of nitrogens with one attached hydrogen (secondary N) is 1. The van der Waals surface area contributed by atoms with Crippen LogP contribution in [0, 0.1) is 5.82 Å². The SMILES string of the molecule is CCOCCCNC(=O)c1ccc2c(c1)N(Cc1ccc(F)cc1)CCS2. The lowest BCUT2D eigenvalue weighted by Crippen LogP contribution is -2.30. The normalized spacial score (nSPS) is 13.3. The van der Waals surface area contributed by atoms with E-state index in [1.54, 1.807) is 11.8 Å². The number of benzene rings is 2. The molecule has 4 nitrogen and oxygen atoms in total. The first-order valence-corrected chi connectivity index (χ1v) is 10.3. The zero-order valence-corrected chi connectivity index (χ0v) is 16.4. The molecular weight excluding hydrogens is 363 g/mol. The van der Waals surface area contributed by atoms with Gasteiger partial charge in [-0.3, -0.25) is 4.79 Å². The first-order chi connectivity index (χ1) is 13.2. The quantitative estimate of drug-likeness (QED) is 0.692. The van der Waals surface area contributed by atoms with E-state index in [9.17, 15) is 9.18 Å². The first-order valence-electron chi connectivity index (χ1n) is 9.29. The number of anilines is 1. The number of carbonyl (C=O) groups is 1. The summed E-state index contributed by atoms with van der Waals surface area (Å²) in [6.07, 6.45) is 0.803. The number of hydrogen-bond donors (Lipinski definition) is 1. The van der Waals surface area contributed by atoms with Gasteiger partial charge in [-0.05, 0) is 49.2 Å². The molecule has 1 N–H and O–H groups in total. The monoisotopic (exact) mass is 388 g/mol. The minimum Gasteiger partial charge on any atom is -0.382 e. The van der Waals surface area contributed by atoms with E-state index in [1.165, 1.54) is 17.0 Å². The highest BCUT2D eigenvalue weighted by Crippen LogP contribution is 2.36. The van der Waals surface area contributed by atoms with Crippen molar-refractivity contribution in [1.82, 2.24) is 5.32 Å². The summed E-state index contributed by atoms with van der Waals surface area (Å²) in [4.78, 5) is 15.9. The number of rotatable bonds is 8. The molecule has 2 aromatic rings. The Kier molecular flexibility index (Phi) is 7.12. The fraction of sp³-hybridized carbons (Fsp3) is 0.381. The van der Waals surface area contributed by atoms with E-state index in [0.29, 0.717) is 31.9 Å². The van der Waals surface area contributed by atoms with Gasteiger partial charge in [0.2, 0.25) is 0 Å². The number of carbonyl (C=O) groups excluding carboxylic acids is 1. The molecule has 0 fully saturated rings. The lowest BCUT2D eigenvalue weighted by atomic mass is 10.1. The lowest BCUT2D eigenvalue weighted by Gasteiger charge is -2.31. The third-order valence-corrected chi connectivity index (χ3v) is 5.47. The van der Waals surface area contributed by atoms with Crippen LogP contribution >= 0.6 is 11.8 Å². The molecule has 144 valence electrons. The van der Waals surface area contributed by atoms with Gasteiger partial charge in [0.1, 0.15) is 5.82 Å². The van der Waals surface area contributed by atoms with Crippen LogP contribution in [0.15, 0.2) is 47.4 Å². The van der Waals surface area contributed by atoms with Crippen molar-refractivity contribution in [2.75, 3.05) is 37.0 Å². The van der Waals surface area contributed by atoms with Crippen molar-refractivity contribution in [3.8, 4) is 0 Å². The van der Waals surface area contributed by atoms with Gasteiger partial charge in [0, 0.05) is 49.1 Å². The Balaban J connectivity index is 1.67. The molecule has 0 aromatic heterocycles. The van der Waals surface area contributed by atoms with Crippen molar-refractivity contribution in [2.24, 2.45) is 0 Å². The molecule has 0 saturated heterocycles. The molecule has 3 rings (SSSR count). The number of amides is 1. The Morgan fingerprint density at radius 1 is 1.26 bits per heavy atom. The van der Waals surface area contributed by atoms with Gasteiger partial charge in [0.15, 0.2) is 0 Å². The summed E-state index contributed by atoms with van der Waals surface area (Å²) in [5.74, 6) is 0.709. The molecule has 2 aromatic carbocycles. The highest BCUT2D eigenvalue weighted by atomic mass is 32.2. The van der Waals surface area contributed by atoms with Crippen molar-refractivity contribution in [3.05, 3.63) is 59.4 Å². The number of thioether (sulfide) groups is 1. The summed E-state index contributed by atoms with van der Waals surface area (Å²) < 4.78 is 18.4. The smallest absolute Gasteiger partial charge is 0.251 e. The van der Waals surface area contributed by atoms with Gasteiger partial charge in [0.05, 0.1) is 5.69 Å². The lowest BCUT2D eigenvalue weighted by molar-refractivity contribution is 0.0944. The Labute approximate surface area is 164 Å². The number of hydrogen-bond acceptors (Lipinski definition) is 4. The second-order valence-corrected chi connectivity index (χ2v) is 7.52. The van der Waals surface area contributed by atoms with Crippen LogP contribution in [0.1, 0.15) is 29.3 Å². The maximum atomic E-state index is 13.1. The predicted octanol–water partition coefficient (Wildman–Crippen LogP) is 4.09. The molecular formula is C21H25FN2O2S. The number of nitrogens with zero attached hydrogens (tertiary/aromatic N) is 1. The molecule has 1 aliphatic heterocycles. The first kappa shape index (κ1) is 19.7. The summed E-state index contributed by atoms with van der Waals surface area (Å²) in [7, 11) is 0. The second-order valence-electron chi connectivity index (χ2n) is 6.39. The number of ether oxygens (including phenoxy) is 1. The van der Waals surface area contributed by atoms with E-state index in [-0.39, 0.29) is 11.7 Å². The number of halogens is 1. The molecule has 0 spiro atoms. The number of fused-ring (bicyclic) bond motifs is 1. The molecule has 0 aliphatic carbocycles. The van der Waals surface area contributed by atoms with Crippen molar-refractivity contribution in [3.63, 3.8) is 0 Å². The fourth-order valence-electron chi connectivity index (χ4n) is 3.01. The Bertz CT molecular complexity index is 767. The molecule has 0 atom stereocenters. The highest BCUT2D eigenvalue weighted by Gasteiger charge is 2.19. The molecule has 27 heavy (non-hydrogen) atoms. The van der Waals surface area contributed by atoms with Crippen LogP contribution in [0.25, 0.3) is 0 Å². The van der Waals surface area contributed by atoms with E-state index in [4.69, 9.17) is 4.74 Å². The zero-order valence-electron chi connectivity index (χ0n) is 15.5. The second kappa shape index (κ2) is 9.76. The Morgan fingerprint density at radius 2 is 2.07 bits per heavy atom. The molecule has 6 heteroatoms. The van der Waals surface area contributed by atoms with Crippen LogP contribution < -0.4 is 10.2 Å². The van der Waals surface area contributed by atoms with Gasteiger partial charge in [0.25, 0.3) is 5.91 Å². The van der Waals surface area contributed by atoms with Crippen molar-refractivity contribution < 1.29 is 13.9 Å². The summed E-state index contributed by atoms with van der Waals surface area (Å²) in [6, 6.07) is 12.5. The van der Waals surface area contributed by atoms with Gasteiger partial charge >= 0.3 is 0 Å².